The second-order valence-electron chi connectivity index (χ2n) is 10.5. The topological polar surface area (TPSA) is 79.8 Å². The summed E-state index contributed by atoms with van der Waals surface area (Å²) < 4.78 is 39.5. The van der Waals surface area contributed by atoms with Crippen molar-refractivity contribution in [1.29, 1.82) is 0 Å². The minimum absolute atomic E-state index is 0.0291. The Morgan fingerprint density at radius 3 is 2.29 bits per heavy atom. The van der Waals surface area contributed by atoms with Crippen molar-refractivity contribution < 1.29 is 32.4 Å². The number of hydrogen-bond donors (Lipinski definition) is 0. The van der Waals surface area contributed by atoms with Gasteiger partial charge in [-0.15, -0.1) is 0 Å². The van der Waals surface area contributed by atoms with Gasteiger partial charge in [0, 0.05) is 54.3 Å². The number of amides is 2. The van der Waals surface area contributed by atoms with Gasteiger partial charge in [0.15, 0.2) is 5.69 Å². The second kappa shape index (κ2) is 11.3. The number of anilines is 1. The minimum atomic E-state index is -5.31. The largest absolute Gasteiger partial charge is 0.497 e. The summed E-state index contributed by atoms with van der Waals surface area (Å²) in [5.74, 6) is -3.94. The third kappa shape index (κ3) is 5.95. The number of aromatic nitrogens is 1. The number of nitrogens with zero attached hydrogens (tertiary/aromatic N) is 4. The van der Waals surface area contributed by atoms with Gasteiger partial charge in [0.2, 0.25) is 0 Å². The summed E-state index contributed by atoms with van der Waals surface area (Å²) in [6, 6.07) is 17.0. The molecule has 2 aliphatic rings. The number of hydrogen-bond acceptors (Lipinski definition) is 6. The van der Waals surface area contributed by atoms with Crippen LogP contribution in [0, 0.1) is 12.8 Å². The Hall–Kier alpha value is -4.25. The number of quaternary nitrogens is 1. The van der Waals surface area contributed by atoms with Crippen LogP contribution < -0.4 is 9.55 Å². The van der Waals surface area contributed by atoms with E-state index in [2.05, 4.69) is 9.88 Å². The van der Waals surface area contributed by atoms with E-state index in [4.69, 9.17) is 4.84 Å². The number of carbonyl (C=O) groups is 3. The highest BCUT2D eigenvalue weighted by Gasteiger charge is 2.55. The van der Waals surface area contributed by atoms with Gasteiger partial charge in [-0.3, -0.25) is 14.6 Å². The van der Waals surface area contributed by atoms with Crippen LogP contribution in [0.3, 0.4) is 0 Å². The van der Waals surface area contributed by atoms with Crippen LogP contribution in [-0.4, -0.2) is 60.0 Å². The summed E-state index contributed by atoms with van der Waals surface area (Å²) in [6.07, 6.45) is -0.807. The van der Waals surface area contributed by atoms with Crippen LogP contribution in [0.2, 0.25) is 0 Å². The summed E-state index contributed by atoms with van der Waals surface area (Å²) in [7, 11) is 0. The molecule has 3 aromatic rings. The first-order valence-electron chi connectivity index (χ1n) is 13.4. The van der Waals surface area contributed by atoms with Crippen LogP contribution in [0.25, 0.3) is 0 Å². The number of carbonyl (C=O) groups excluding carboxylic acids is 3. The van der Waals surface area contributed by atoms with Crippen molar-refractivity contribution in [1.82, 2.24) is 14.5 Å². The fourth-order valence-corrected chi connectivity index (χ4v) is 5.52. The van der Waals surface area contributed by atoms with Crippen LogP contribution in [0.15, 0.2) is 73.1 Å². The number of benzene rings is 2. The maximum absolute atomic E-state index is 14.0. The van der Waals surface area contributed by atoms with E-state index in [1.165, 1.54) is 11.0 Å². The van der Waals surface area contributed by atoms with E-state index in [-0.39, 0.29) is 24.7 Å². The van der Waals surface area contributed by atoms with E-state index in [1.54, 1.807) is 54.9 Å². The van der Waals surface area contributed by atoms with E-state index >= 15 is 0 Å². The Bertz CT molecular complexity index is 1420. The molecule has 214 valence electrons. The van der Waals surface area contributed by atoms with E-state index in [0.717, 1.165) is 11.3 Å². The average Bonchev–Trinajstić information content (AvgIpc) is 3.08. The predicted octanol–water partition coefficient (Wildman–Crippen LogP) is 4.82. The first-order valence-corrected chi connectivity index (χ1v) is 13.4. The average molecular weight is 568 g/mol. The minimum Gasteiger partial charge on any atom is -0.371 e. The van der Waals surface area contributed by atoms with Gasteiger partial charge in [-0.05, 0) is 48.7 Å². The fraction of sp³-hybridized carbons (Fsp3) is 0.333. The molecule has 0 radical (unpaired) electrons. The molecule has 2 aliphatic heterocycles. The molecule has 2 aromatic carbocycles. The number of pyridine rings is 1. The molecule has 0 bridgehead atoms. The SMILES string of the molecule is Cc1ccc(C(=O)N2CC(=O)[N+](CC3CCN(c4ccncc4)CC3)(OC(=O)C(F)(F)F)c3ccccc3C2)cc1. The summed E-state index contributed by atoms with van der Waals surface area (Å²) in [4.78, 5) is 52.5. The highest BCUT2D eigenvalue weighted by Crippen LogP contribution is 2.37. The first kappa shape index (κ1) is 28.3. The molecule has 41 heavy (non-hydrogen) atoms. The number of aryl methyl sites for hydroxylation is 1. The van der Waals surface area contributed by atoms with Crippen LogP contribution in [0.1, 0.15) is 34.3 Å². The number of piperidine rings is 1. The van der Waals surface area contributed by atoms with E-state index in [0.29, 0.717) is 37.1 Å². The summed E-state index contributed by atoms with van der Waals surface area (Å²) in [6.45, 7) is 2.36. The van der Waals surface area contributed by atoms with Gasteiger partial charge in [-0.25, -0.2) is 9.59 Å². The second-order valence-corrected chi connectivity index (χ2v) is 10.5. The van der Waals surface area contributed by atoms with Crippen LogP contribution in [0.4, 0.5) is 24.5 Å². The zero-order valence-corrected chi connectivity index (χ0v) is 22.5. The van der Waals surface area contributed by atoms with Gasteiger partial charge in [-0.1, -0.05) is 35.9 Å². The molecule has 0 aliphatic carbocycles. The van der Waals surface area contributed by atoms with Gasteiger partial charge in [0.05, 0.1) is 6.54 Å². The highest BCUT2D eigenvalue weighted by molar-refractivity contribution is 6.00. The molecule has 0 spiro atoms. The zero-order chi connectivity index (χ0) is 29.2. The number of para-hydroxylation sites is 1. The number of hydroxylamine groups is 2. The molecule has 1 unspecified atom stereocenters. The van der Waals surface area contributed by atoms with Gasteiger partial charge < -0.3 is 9.80 Å². The zero-order valence-electron chi connectivity index (χ0n) is 22.5. The van der Waals surface area contributed by atoms with Crippen LogP contribution in [-0.2, 0) is 21.0 Å². The Labute approximate surface area is 235 Å². The lowest BCUT2D eigenvalue weighted by Crippen LogP contribution is -2.61. The van der Waals surface area contributed by atoms with Crippen molar-refractivity contribution in [2.24, 2.45) is 5.92 Å². The molecule has 11 heteroatoms. The third-order valence-electron chi connectivity index (χ3n) is 7.68. The first-order chi connectivity index (χ1) is 19.6. The number of fused-ring (bicyclic) bond motifs is 1. The summed E-state index contributed by atoms with van der Waals surface area (Å²) >= 11 is 0. The Balaban J connectivity index is 1.49. The quantitative estimate of drug-likeness (QED) is 0.412. The van der Waals surface area contributed by atoms with Crippen molar-refractivity contribution in [2.45, 2.75) is 32.5 Å². The smallest absolute Gasteiger partial charge is 0.371 e. The fourth-order valence-electron chi connectivity index (χ4n) is 5.52. The summed E-state index contributed by atoms with van der Waals surface area (Å²) in [5, 5.41) is 0. The predicted molar refractivity (Wildman–Crippen MR) is 145 cm³/mol. The van der Waals surface area contributed by atoms with Crippen molar-refractivity contribution >= 4 is 29.2 Å². The molecule has 1 atom stereocenters. The lowest BCUT2D eigenvalue weighted by molar-refractivity contribution is -0.235. The Morgan fingerprint density at radius 1 is 0.976 bits per heavy atom. The van der Waals surface area contributed by atoms with E-state index < -0.39 is 35.2 Å². The molecule has 3 heterocycles. The van der Waals surface area contributed by atoms with Crippen molar-refractivity contribution in [3.63, 3.8) is 0 Å². The van der Waals surface area contributed by atoms with Gasteiger partial charge in [0.25, 0.3) is 5.91 Å². The van der Waals surface area contributed by atoms with Gasteiger partial charge in [0.1, 0.15) is 13.1 Å². The van der Waals surface area contributed by atoms with Crippen molar-refractivity contribution in [3.8, 4) is 0 Å². The van der Waals surface area contributed by atoms with E-state index in [1.807, 2.05) is 19.1 Å². The molecule has 1 aromatic heterocycles. The van der Waals surface area contributed by atoms with Gasteiger partial charge in [-0.2, -0.15) is 13.2 Å². The number of rotatable bonds is 5. The van der Waals surface area contributed by atoms with Gasteiger partial charge >= 0.3 is 18.1 Å². The van der Waals surface area contributed by atoms with E-state index in [9.17, 15) is 27.6 Å². The maximum atomic E-state index is 14.0. The Morgan fingerprint density at radius 2 is 1.63 bits per heavy atom. The molecular formula is C30H30F3N4O4+. The summed E-state index contributed by atoms with van der Waals surface area (Å²) in [5.41, 5.74) is 2.83. The molecule has 1 saturated heterocycles. The molecule has 5 rings (SSSR count). The highest BCUT2D eigenvalue weighted by atomic mass is 19.4. The molecular weight excluding hydrogens is 537 g/mol. The van der Waals surface area contributed by atoms with Crippen LogP contribution >= 0.6 is 0 Å². The molecule has 0 saturated carbocycles. The van der Waals surface area contributed by atoms with Crippen molar-refractivity contribution in [2.75, 3.05) is 31.1 Å². The maximum Gasteiger partial charge on any atom is 0.497 e. The molecule has 2 amide bonds. The monoisotopic (exact) mass is 567 g/mol. The molecule has 0 N–H and O–H groups in total. The van der Waals surface area contributed by atoms with Crippen LogP contribution in [0.5, 0.6) is 0 Å². The number of halogens is 3. The lowest BCUT2D eigenvalue weighted by Gasteiger charge is -2.38. The molecule has 1 fully saturated rings. The lowest BCUT2D eigenvalue weighted by atomic mass is 9.95. The normalized spacial score (nSPS) is 19.9. The standard InChI is InChI=1S/C30H30F3N4O4/c1-21-6-8-23(9-7-21)28(39)36-18-24-4-2-3-5-26(24)37(27(38)19-36,41-29(40)30(31,32)33)20-22-12-16-35(17-13-22)25-10-14-34-15-11-25/h2-11,14-15,22H,12-13,16-20H2,1H3/q+1. The Kier molecular flexibility index (Phi) is 7.81. The molecule has 8 nitrogen and oxygen atoms in total. The van der Waals surface area contributed by atoms with Crippen molar-refractivity contribution in [3.05, 3.63) is 89.7 Å². The number of alkyl halides is 3. The third-order valence-corrected chi connectivity index (χ3v) is 7.68.